The molecule has 8 aliphatic rings. The van der Waals surface area contributed by atoms with Gasteiger partial charge in [0.2, 0.25) is 0 Å². The second kappa shape index (κ2) is 39.5. The fraction of sp³-hybridized carbons (Fsp3) is 0.909. The van der Waals surface area contributed by atoms with Gasteiger partial charge in [-0.2, -0.15) is 0 Å². The maximum absolute atomic E-state index is 11.5. The van der Waals surface area contributed by atoms with Crippen molar-refractivity contribution in [2.45, 2.75) is 150 Å². The van der Waals surface area contributed by atoms with E-state index in [1.807, 2.05) is 20.8 Å². The number of carbonyl (C=O) groups is 3. The summed E-state index contributed by atoms with van der Waals surface area (Å²) in [6, 6.07) is -0.624. The van der Waals surface area contributed by atoms with E-state index in [-0.39, 0.29) is 154 Å². The summed E-state index contributed by atoms with van der Waals surface area (Å²) in [7, 11) is 0. The molecule has 0 saturated carbocycles. The molecule has 0 radical (unpaired) electrons. The van der Waals surface area contributed by atoms with Gasteiger partial charge in [-0.1, -0.05) is 15.9 Å². The Labute approximate surface area is 542 Å². The summed E-state index contributed by atoms with van der Waals surface area (Å²) in [5.74, 6) is 0. The number of fused-ring (bicyclic) bond motifs is 4. The van der Waals surface area contributed by atoms with Gasteiger partial charge in [0.05, 0.1) is 72.7 Å². The van der Waals surface area contributed by atoms with Crippen LogP contribution in [-0.2, 0) is 80.9 Å². The minimum atomic E-state index is -0.871. The van der Waals surface area contributed by atoms with Crippen LogP contribution in [0.4, 0.5) is 14.4 Å². The first-order valence-electron chi connectivity index (χ1n) is 26.0. The summed E-state index contributed by atoms with van der Waals surface area (Å²) in [5.41, 5.74) is 9.26. The van der Waals surface area contributed by atoms with Gasteiger partial charge in [-0.05, 0) is 41.5 Å². The Bertz CT molecular complexity index is 2140. The molecule has 40 nitrogen and oxygen atoms in total. The Hall–Kier alpha value is -4.50. The number of amides is 4. The van der Waals surface area contributed by atoms with E-state index in [1.54, 1.807) is 20.8 Å². The van der Waals surface area contributed by atoms with E-state index >= 15 is 0 Å². The second-order valence-electron chi connectivity index (χ2n) is 20.4. The van der Waals surface area contributed by atoms with Crippen molar-refractivity contribution in [2.75, 3.05) is 104 Å². The van der Waals surface area contributed by atoms with Crippen LogP contribution in [0.3, 0.4) is 0 Å². The SMILES string of the molecule is CC(C)(C)OC(=O)NCCBr.CC(C)(C)OC(=O)NCCO[C@H]1CO[C@H]2[C@@H]1OC[C@H]2O[N+](=O)[O-].NC(=O)NCCO[C@H]1CO[C@H]2[C@@H]1OC[C@H]2O[N+](=O)[O-].NCCO[C@H]1CO[C@H]2[C@@H]1OC[C@H]2O[N+](=O)[O-].O=[N+]([O-])O[C@@H]1CO[C@H]2[C@@H]1OC[C@@H]2O.[C-]#[N+][O-].[K+]. The van der Waals surface area contributed by atoms with E-state index in [2.05, 4.69) is 51.2 Å². The first kappa shape index (κ1) is 77.6. The molecule has 0 spiro atoms. The molecule has 8 rings (SSSR count). The monoisotopic (exact) mass is 1340 g/mol. The first-order chi connectivity index (χ1) is 40.1. The predicted molar refractivity (Wildman–Crippen MR) is 279 cm³/mol. The Balaban J connectivity index is 0.000000369. The zero-order valence-electron chi connectivity index (χ0n) is 48.1. The minimum absolute atomic E-state index is 0. The number of rotatable bonds is 21. The number of hydrogen-bond donors (Lipinski definition) is 6. The average Bonchev–Trinajstić information content (AvgIpc) is 3.37. The third kappa shape index (κ3) is 28.3. The smallest absolute Gasteiger partial charge is 0.539 e. The van der Waals surface area contributed by atoms with Gasteiger partial charge in [-0.15, -0.1) is 40.5 Å². The summed E-state index contributed by atoms with van der Waals surface area (Å²) in [6.07, 6.45) is -8.82. The molecule has 0 aromatic carbocycles. The van der Waals surface area contributed by atoms with E-state index in [0.717, 1.165) is 5.33 Å². The number of halogens is 1. The number of primary amides is 1. The fourth-order valence-electron chi connectivity index (χ4n) is 8.71. The normalized spacial score (nSPS) is 30.2. The van der Waals surface area contributed by atoms with Crippen LogP contribution in [-0.4, -0.2) is 257 Å². The summed E-state index contributed by atoms with van der Waals surface area (Å²) in [6.45, 7) is 20.1. The van der Waals surface area contributed by atoms with Crippen LogP contribution >= 0.6 is 15.9 Å². The zero-order chi connectivity index (χ0) is 63.4. The number of nitrogens with one attached hydrogen (secondary N) is 3. The second-order valence-corrected chi connectivity index (χ2v) is 21.2. The van der Waals surface area contributed by atoms with Gasteiger partial charge in [-0.3, -0.25) is 5.01 Å². The summed E-state index contributed by atoms with van der Waals surface area (Å²) >= 11 is 3.19. The van der Waals surface area contributed by atoms with Crippen molar-refractivity contribution in [1.29, 1.82) is 0 Å². The van der Waals surface area contributed by atoms with E-state index in [4.69, 9.17) is 84.8 Å². The third-order valence-electron chi connectivity index (χ3n) is 11.8. The van der Waals surface area contributed by atoms with Crippen molar-refractivity contribution in [3.63, 3.8) is 0 Å². The molecule has 8 fully saturated rings. The van der Waals surface area contributed by atoms with Crippen molar-refractivity contribution >= 4 is 34.1 Å². The molecule has 0 bridgehead atoms. The molecule has 0 aromatic heterocycles. The summed E-state index contributed by atoms with van der Waals surface area (Å²) in [4.78, 5) is 91.5. The van der Waals surface area contributed by atoms with Crippen molar-refractivity contribution in [1.82, 2.24) is 16.0 Å². The van der Waals surface area contributed by atoms with Crippen molar-refractivity contribution in [3.05, 3.63) is 57.2 Å². The summed E-state index contributed by atoms with van der Waals surface area (Å²) < 4.78 is 69.2. The van der Waals surface area contributed by atoms with Crippen LogP contribution in [0.2, 0.25) is 0 Å². The van der Waals surface area contributed by atoms with Crippen LogP contribution in [0.5, 0.6) is 0 Å². The maximum Gasteiger partial charge on any atom is 1.00 e. The first-order valence-corrected chi connectivity index (χ1v) is 27.2. The van der Waals surface area contributed by atoms with Crippen molar-refractivity contribution in [2.24, 2.45) is 11.5 Å². The molecule has 8 saturated heterocycles. The molecular weight excluding hydrogens is 1270 g/mol. The van der Waals surface area contributed by atoms with Crippen LogP contribution < -0.4 is 78.8 Å². The molecule has 4 amide bonds. The van der Waals surface area contributed by atoms with Gasteiger partial charge in [0.1, 0.15) is 84.4 Å². The van der Waals surface area contributed by atoms with E-state index in [9.17, 15) is 59.9 Å². The fourth-order valence-corrected chi connectivity index (χ4v) is 8.91. The van der Waals surface area contributed by atoms with Crippen molar-refractivity contribution in [3.8, 4) is 0 Å². The number of hydrogen-bond acceptors (Lipinski definition) is 31. The topological polar surface area (TPSA) is 516 Å². The molecule has 16 atom stereocenters. The van der Waals surface area contributed by atoms with Gasteiger partial charge in [-0.25, -0.2) is 21.0 Å². The van der Waals surface area contributed by atoms with Crippen LogP contribution in [0.15, 0.2) is 0 Å². The molecule has 488 valence electrons. The molecule has 42 heteroatoms. The number of ether oxygens (including phenoxy) is 13. The average molecular weight is 1340 g/mol. The molecule has 0 aromatic rings. The standard InChI is InChI=1S/C13H22N2O8.C9H15N3O7.C8H14N2O6.C7H14BrNO2.C6H9NO6.CNO.K/c1-13(2,3)22-12(16)14-4-5-19-8-6-20-11-9(23-15(17)18)7-21-10(8)11;10-9(13)11-1-2-16-5-3-17-8-6(19-12(14)15)4-18-7(5)8;9-1-2-13-5-3-14-8-6(16-10(11)12)4-15-7(5)8;1-7(2,3)11-6(10)9-5-4-8;8-3-1-11-6-4(13-7(9)10)2-12-5(3)6;1-2-3;/h8-11H,4-7H2,1-3H3,(H,14,16);5-8H,1-4H2,(H3,10,11,13);5-8H,1-4,9H2;4-5H2,1-3H3,(H,9,10);3-6,8H,1-2H2;;/q;;;;;-1;+1/t8-,9+,10+,11+;2*5-,6+,7+,8+;;3-,4+,5+,6+;;/m000.0../s1. The number of aliphatic hydroxyl groups excluding tert-OH is 1. The van der Waals surface area contributed by atoms with Gasteiger partial charge in [0.25, 0.3) is 20.3 Å². The maximum atomic E-state index is 11.5. The molecule has 8 heterocycles. The predicted octanol–water partition coefficient (Wildman–Crippen LogP) is -4.57. The zero-order valence-corrected chi connectivity index (χ0v) is 52.8. The molecule has 0 unspecified atom stereocenters. The van der Waals surface area contributed by atoms with Gasteiger partial charge >= 0.3 is 69.6 Å². The molecule has 8 aliphatic heterocycles. The largest absolute Gasteiger partial charge is 1.00 e. The third-order valence-corrected chi connectivity index (χ3v) is 12.2. The van der Waals surface area contributed by atoms with E-state index in [0.29, 0.717) is 26.3 Å². The van der Waals surface area contributed by atoms with Gasteiger partial charge in [0, 0.05) is 31.5 Å². The molecule has 86 heavy (non-hydrogen) atoms. The van der Waals surface area contributed by atoms with Crippen LogP contribution in [0.25, 0.3) is 5.01 Å². The number of alkyl halides is 1. The molecule has 0 aliphatic carbocycles. The Kier molecular flexibility index (Phi) is 35.6. The molecule has 8 N–H and O–H groups in total. The number of urea groups is 1. The number of nitrogens with two attached hydrogens (primary N) is 2. The molecular formula is C44H74BrKN10O30. The summed E-state index contributed by atoms with van der Waals surface area (Å²) in [5, 5.41) is 64.8. The number of aliphatic hydroxyl groups is 1. The van der Waals surface area contributed by atoms with Crippen LogP contribution in [0.1, 0.15) is 41.5 Å². The Morgan fingerprint density at radius 2 is 0.802 bits per heavy atom. The van der Waals surface area contributed by atoms with Gasteiger partial charge < -0.3 is 119 Å². The van der Waals surface area contributed by atoms with E-state index in [1.165, 1.54) is 5.01 Å². The van der Waals surface area contributed by atoms with Gasteiger partial charge in [0.15, 0.2) is 24.4 Å². The van der Waals surface area contributed by atoms with Crippen molar-refractivity contribution < 1.29 is 172 Å². The Morgan fingerprint density at radius 1 is 0.535 bits per heavy atom. The quantitative estimate of drug-likeness (QED) is 0.0157. The van der Waals surface area contributed by atoms with E-state index < -0.39 is 117 Å². The number of alkyl carbamates (subject to hydrolysis) is 2. The number of nitrogens with zero attached hydrogens (tertiary/aromatic N) is 5. The Morgan fingerprint density at radius 3 is 1.10 bits per heavy atom. The number of carbonyl (C=O) groups excluding carboxylic acids is 3. The van der Waals surface area contributed by atoms with Crippen LogP contribution in [0, 0.1) is 52.2 Å². The minimum Gasteiger partial charge on any atom is -0.539 e.